The van der Waals surface area contributed by atoms with Crippen molar-refractivity contribution in [3.8, 4) is 22.5 Å². The van der Waals surface area contributed by atoms with E-state index < -0.39 is 0 Å². The molecule has 0 fully saturated rings. The molecule has 0 radical (unpaired) electrons. The zero-order valence-corrected chi connectivity index (χ0v) is 16.8. The van der Waals surface area contributed by atoms with Crippen LogP contribution in [0.4, 0.5) is 0 Å². The fraction of sp³-hybridized carbons (Fsp3) is 0.182. The molecule has 0 aliphatic carbocycles. The van der Waals surface area contributed by atoms with Gasteiger partial charge in [-0.1, -0.05) is 60.1 Å². The average Bonchev–Trinajstić information content (AvgIpc) is 3.17. The molecule has 27 heavy (non-hydrogen) atoms. The maximum atomic E-state index is 6.10. The maximum absolute atomic E-state index is 6.10. The second-order valence-corrected chi connectivity index (χ2v) is 6.84. The van der Waals surface area contributed by atoms with Crippen LogP contribution < -0.4 is 0 Å². The average molecular weight is 379 g/mol. The number of benzene rings is 2. The summed E-state index contributed by atoms with van der Waals surface area (Å²) in [5.74, 6) is 0. The fourth-order valence-corrected chi connectivity index (χ4v) is 3.25. The first-order valence-corrected chi connectivity index (χ1v) is 9.15. The van der Waals surface area contributed by atoms with Crippen LogP contribution in [0.3, 0.4) is 0 Å². The Balaban J connectivity index is 0.000000156. The Labute approximate surface area is 165 Å². The molecule has 4 nitrogen and oxygen atoms in total. The van der Waals surface area contributed by atoms with E-state index in [9.17, 15) is 0 Å². The van der Waals surface area contributed by atoms with E-state index in [0.29, 0.717) is 0 Å². The number of hydrogen-bond donors (Lipinski definition) is 0. The smallest absolute Gasteiger partial charge is 0.0696 e. The van der Waals surface area contributed by atoms with Gasteiger partial charge >= 0.3 is 0 Å². The van der Waals surface area contributed by atoms with Gasteiger partial charge in [0.2, 0.25) is 0 Å². The molecule has 0 spiro atoms. The van der Waals surface area contributed by atoms with E-state index in [1.54, 1.807) is 0 Å². The summed E-state index contributed by atoms with van der Waals surface area (Å²) in [6, 6.07) is 22.2. The highest BCUT2D eigenvalue weighted by Crippen LogP contribution is 2.27. The summed E-state index contributed by atoms with van der Waals surface area (Å²) in [4.78, 5) is 0. The molecule has 0 saturated heterocycles. The van der Waals surface area contributed by atoms with E-state index in [2.05, 4.69) is 28.4 Å². The number of rotatable bonds is 2. The molecule has 0 atom stereocenters. The van der Waals surface area contributed by atoms with Crippen molar-refractivity contribution >= 4 is 11.6 Å². The maximum Gasteiger partial charge on any atom is 0.0696 e. The van der Waals surface area contributed by atoms with Crippen molar-refractivity contribution in [3.05, 3.63) is 83.1 Å². The number of hydrogen-bond acceptors (Lipinski definition) is 2. The summed E-state index contributed by atoms with van der Waals surface area (Å²) in [7, 11) is 3.89. The van der Waals surface area contributed by atoms with Gasteiger partial charge in [0.1, 0.15) is 0 Å². The topological polar surface area (TPSA) is 35.6 Å². The van der Waals surface area contributed by atoms with Crippen LogP contribution in [0.1, 0.15) is 11.4 Å². The molecule has 0 bridgehead atoms. The van der Waals surface area contributed by atoms with Gasteiger partial charge in [-0.2, -0.15) is 10.2 Å². The van der Waals surface area contributed by atoms with Crippen LogP contribution in [0.2, 0.25) is 5.02 Å². The molecule has 0 N–H and O–H groups in total. The summed E-state index contributed by atoms with van der Waals surface area (Å²) in [6.07, 6.45) is 0. The van der Waals surface area contributed by atoms with Crippen molar-refractivity contribution in [1.82, 2.24) is 19.6 Å². The van der Waals surface area contributed by atoms with E-state index in [0.717, 1.165) is 33.4 Å². The largest absolute Gasteiger partial charge is 0.268 e. The Bertz CT molecular complexity index is 1030. The van der Waals surface area contributed by atoms with E-state index in [4.69, 9.17) is 11.6 Å². The third-order valence-electron chi connectivity index (χ3n) is 4.22. The standard InChI is InChI=1S/C11H11ClN2.C11H12N2/c1-8-7-11(14(2)13-8)9-5-3-4-6-10(9)12;1-9-8-11(13(2)12-9)10-6-4-3-5-7-10/h3-7H,1-2H3;3-8H,1-2H3. The highest BCUT2D eigenvalue weighted by Gasteiger charge is 2.07. The minimum absolute atomic E-state index is 0.760. The van der Waals surface area contributed by atoms with Crippen LogP contribution in [-0.4, -0.2) is 19.6 Å². The second-order valence-electron chi connectivity index (χ2n) is 6.44. The number of halogens is 1. The quantitative estimate of drug-likeness (QED) is 0.465. The van der Waals surface area contributed by atoms with Crippen molar-refractivity contribution in [2.24, 2.45) is 14.1 Å². The highest BCUT2D eigenvalue weighted by molar-refractivity contribution is 6.33. The summed E-state index contributed by atoms with van der Waals surface area (Å²) in [6.45, 7) is 3.98. The molecule has 0 aliphatic rings. The molecule has 2 aromatic carbocycles. The zero-order chi connectivity index (χ0) is 19.4. The number of aryl methyl sites for hydroxylation is 4. The van der Waals surface area contributed by atoms with Crippen LogP contribution in [0.5, 0.6) is 0 Å². The van der Waals surface area contributed by atoms with Gasteiger partial charge in [0.05, 0.1) is 22.8 Å². The SMILES string of the molecule is Cc1cc(-c2ccccc2)n(C)n1.Cc1cc(-c2ccccc2Cl)n(C)n1. The van der Waals surface area contributed by atoms with E-state index in [-0.39, 0.29) is 0 Å². The monoisotopic (exact) mass is 378 g/mol. The van der Waals surface area contributed by atoms with Gasteiger partial charge in [0.25, 0.3) is 0 Å². The van der Waals surface area contributed by atoms with E-state index >= 15 is 0 Å². The summed E-state index contributed by atoms with van der Waals surface area (Å²) < 4.78 is 3.75. The Morgan fingerprint density at radius 1 is 0.704 bits per heavy atom. The lowest BCUT2D eigenvalue weighted by Gasteiger charge is -2.03. The second kappa shape index (κ2) is 8.23. The first-order chi connectivity index (χ1) is 13.0. The lowest BCUT2D eigenvalue weighted by Crippen LogP contribution is -1.93. The van der Waals surface area contributed by atoms with Crippen molar-refractivity contribution in [2.45, 2.75) is 13.8 Å². The molecule has 2 aromatic heterocycles. The number of aromatic nitrogens is 4. The van der Waals surface area contributed by atoms with Crippen molar-refractivity contribution < 1.29 is 0 Å². The van der Waals surface area contributed by atoms with Crippen LogP contribution in [0, 0.1) is 13.8 Å². The van der Waals surface area contributed by atoms with Crippen LogP contribution >= 0.6 is 11.6 Å². The Morgan fingerprint density at radius 2 is 1.22 bits per heavy atom. The lowest BCUT2D eigenvalue weighted by atomic mass is 10.1. The van der Waals surface area contributed by atoms with Gasteiger partial charge < -0.3 is 0 Å². The predicted octanol–water partition coefficient (Wildman–Crippen LogP) is 5.44. The first-order valence-electron chi connectivity index (χ1n) is 8.77. The van der Waals surface area contributed by atoms with Crippen molar-refractivity contribution in [1.29, 1.82) is 0 Å². The summed E-state index contributed by atoms with van der Waals surface area (Å²) in [5, 5.41) is 9.35. The Morgan fingerprint density at radius 3 is 1.74 bits per heavy atom. The summed E-state index contributed by atoms with van der Waals surface area (Å²) in [5.41, 5.74) is 6.51. The Kier molecular flexibility index (Phi) is 5.77. The molecule has 0 aliphatic heterocycles. The van der Waals surface area contributed by atoms with Gasteiger partial charge in [0.15, 0.2) is 0 Å². The van der Waals surface area contributed by atoms with E-state index in [1.165, 1.54) is 5.56 Å². The van der Waals surface area contributed by atoms with E-state index in [1.807, 2.05) is 85.8 Å². The minimum Gasteiger partial charge on any atom is -0.268 e. The molecule has 4 aromatic rings. The van der Waals surface area contributed by atoms with Crippen molar-refractivity contribution in [2.75, 3.05) is 0 Å². The van der Waals surface area contributed by atoms with Crippen LogP contribution in [-0.2, 0) is 14.1 Å². The van der Waals surface area contributed by atoms with Gasteiger partial charge in [-0.15, -0.1) is 0 Å². The molecular formula is C22H23ClN4. The third-order valence-corrected chi connectivity index (χ3v) is 4.55. The number of nitrogens with zero attached hydrogens (tertiary/aromatic N) is 4. The predicted molar refractivity (Wildman–Crippen MR) is 112 cm³/mol. The first kappa shape index (κ1) is 18.9. The van der Waals surface area contributed by atoms with Gasteiger partial charge in [-0.25, -0.2) is 0 Å². The molecule has 2 heterocycles. The normalized spacial score (nSPS) is 10.4. The molecular weight excluding hydrogens is 356 g/mol. The molecule has 5 heteroatoms. The fourth-order valence-electron chi connectivity index (χ4n) is 3.02. The van der Waals surface area contributed by atoms with Gasteiger partial charge in [0, 0.05) is 24.7 Å². The summed E-state index contributed by atoms with van der Waals surface area (Å²) >= 11 is 6.10. The lowest BCUT2D eigenvalue weighted by molar-refractivity contribution is 0.764. The molecule has 0 saturated carbocycles. The van der Waals surface area contributed by atoms with Gasteiger partial charge in [-0.05, 0) is 37.6 Å². The third kappa shape index (κ3) is 4.47. The van der Waals surface area contributed by atoms with Crippen LogP contribution in [0.25, 0.3) is 22.5 Å². The van der Waals surface area contributed by atoms with Gasteiger partial charge in [-0.3, -0.25) is 9.36 Å². The Hall–Kier alpha value is -2.85. The molecule has 138 valence electrons. The molecule has 4 rings (SSSR count). The zero-order valence-electron chi connectivity index (χ0n) is 16.0. The van der Waals surface area contributed by atoms with Crippen LogP contribution in [0.15, 0.2) is 66.7 Å². The molecule has 0 amide bonds. The minimum atomic E-state index is 0.760. The molecule has 0 unspecified atom stereocenters. The highest BCUT2D eigenvalue weighted by atomic mass is 35.5. The van der Waals surface area contributed by atoms with Crippen molar-refractivity contribution in [3.63, 3.8) is 0 Å².